The summed E-state index contributed by atoms with van der Waals surface area (Å²) in [7, 11) is 0. The molecule has 1 aliphatic heterocycles. The van der Waals surface area contributed by atoms with Crippen LogP contribution in [0.1, 0.15) is 12.5 Å². The van der Waals surface area contributed by atoms with Crippen LogP contribution >= 0.6 is 31.9 Å². The van der Waals surface area contributed by atoms with Crippen LogP contribution < -0.4 is 4.90 Å². The predicted molar refractivity (Wildman–Crippen MR) is 102 cm³/mol. The molecule has 0 radical (unpaired) electrons. The summed E-state index contributed by atoms with van der Waals surface area (Å²) in [5.74, 6) is -0.639. The highest BCUT2D eigenvalue weighted by molar-refractivity contribution is 9.11. The van der Waals surface area contributed by atoms with Gasteiger partial charge >= 0.3 is 5.97 Å². The Hall–Kier alpha value is -2.25. The predicted octanol–water partition coefficient (Wildman–Crippen LogP) is 4.41. The van der Waals surface area contributed by atoms with E-state index in [9.17, 15) is 9.59 Å². The first-order valence-electron chi connectivity index (χ1n) is 7.28. The fraction of sp³-hybridized carbons (Fsp3) is 0.0556. The third-order valence-electron chi connectivity index (χ3n) is 3.40. The van der Waals surface area contributed by atoms with E-state index in [2.05, 4.69) is 36.9 Å². The maximum Gasteiger partial charge on any atom is 0.365 e. The second-order valence-electron chi connectivity index (χ2n) is 5.17. The van der Waals surface area contributed by atoms with Gasteiger partial charge in [-0.2, -0.15) is 0 Å². The maximum atomic E-state index is 12.1. The van der Waals surface area contributed by atoms with Crippen molar-refractivity contribution in [2.24, 2.45) is 4.99 Å². The molecule has 7 heteroatoms. The highest BCUT2D eigenvalue weighted by atomic mass is 79.9. The van der Waals surface area contributed by atoms with Crippen molar-refractivity contribution in [2.45, 2.75) is 6.92 Å². The van der Waals surface area contributed by atoms with Crippen molar-refractivity contribution in [3.63, 3.8) is 0 Å². The van der Waals surface area contributed by atoms with Crippen LogP contribution in [0.15, 0.2) is 74.4 Å². The molecule has 25 heavy (non-hydrogen) atoms. The summed E-state index contributed by atoms with van der Waals surface area (Å²) in [6.07, 6.45) is 1.38. The number of carbonyl (C=O) groups excluding carboxylic acids is 2. The number of anilines is 1. The second kappa shape index (κ2) is 7.33. The van der Waals surface area contributed by atoms with E-state index in [-0.39, 0.29) is 17.5 Å². The smallest absolute Gasteiger partial charge is 0.365 e. The van der Waals surface area contributed by atoms with Gasteiger partial charge in [0.25, 0.3) is 0 Å². The molecule has 0 bridgehead atoms. The van der Waals surface area contributed by atoms with Gasteiger partial charge in [0.2, 0.25) is 11.8 Å². The first kappa shape index (κ1) is 17.6. The second-order valence-corrected chi connectivity index (χ2v) is 6.94. The standard InChI is InChI=1S/C18H12Br2N2O3/c1-11(23)22(16-8-7-13(19)9-14(16)20)10-15-18(24)25-17(21-15)12-5-3-2-4-6-12/h2-10H,1H3. The van der Waals surface area contributed by atoms with Gasteiger partial charge in [0, 0.05) is 27.6 Å². The fourth-order valence-electron chi connectivity index (χ4n) is 2.23. The minimum atomic E-state index is -0.599. The normalized spacial score (nSPS) is 15.1. The zero-order valence-corrected chi connectivity index (χ0v) is 16.2. The molecule has 0 unspecified atom stereocenters. The van der Waals surface area contributed by atoms with Crippen LogP contribution in [0.5, 0.6) is 0 Å². The van der Waals surface area contributed by atoms with Crippen LogP contribution in [0.3, 0.4) is 0 Å². The Morgan fingerprint density at radius 3 is 2.52 bits per heavy atom. The van der Waals surface area contributed by atoms with Gasteiger partial charge in [0.05, 0.1) is 5.69 Å². The number of halogens is 2. The Bertz CT molecular complexity index is 908. The molecule has 1 heterocycles. The van der Waals surface area contributed by atoms with Crippen LogP contribution in [-0.4, -0.2) is 17.8 Å². The molecule has 0 spiro atoms. The van der Waals surface area contributed by atoms with Gasteiger partial charge in [-0.1, -0.05) is 34.1 Å². The number of hydrogen-bond donors (Lipinski definition) is 0. The van der Waals surface area contributed by atoms with Crippen molar-refractivity contribution in [3.8, 4) is 0 Å². The Kier molecular flexibility index (Phi) is 5.15. The number of cyclic esters (lactones) is 1. The molecular formula is C18H12Br2N2O3. The van der Waals surface area contributed by atoms with Gasteiger partial charge in [-0.15, -0.1) is 0 Å². The van der Waals surface area contributed by atoms with Gasteiger partial charge in [0.15, 0.2) is 5.70 Å². The molecule has 1 amide bonds. The number of hydrogen-bond acceptors (Lipinski definition) is 4. The fourth-order valence-corrected chi connectivity index (χ4v) is 3.47. The molecule has 0 aliphatic carbocycles. The average Bonchev–Trinajstić information content (AvgIpc) is 2.95. The lowest BCUT2D eigenvalue weighted by atomic mass is 10.2. The number of esters is 1. The van der Waals surface area contributed by atoms with Crippen molar-refractivity contribution < 1.29 is 14.3 Å². The minimum absolute atomic E-state index is 0.0591. The molecule has 0 saturated carbocycles. The van der Waals surface area contributed by atoms with Crippen LogP contribution in [0, 0.1) is 0 Å². The van der Waals surface area contributed by atoms with Crippen molar-refractivity contribution in [1.29, 1.82) is 0 Å². The third-order valence-corrected chi connectivity index (χ3v) is 4.53. The number of ether oxygens (including phenoxy) is 1. The molecule has 0 fully saturated rings. The molecule has 126 valence electrons. The number of carbonyl (C=O) groups is 2. The molecule has 2 aromatic rings. The van der Waals surface area contributed by atoms with Crippen molar-refractivity contribution in [1.82, 2.24) is 0 Å². The van der Waals surface area contributed by atoms with Gasteiger partial charge in [-0.3, -0.25) is 9.69 Å². The van der Waals surface area contributed by atoms with Crippen molar-refractivity contribution in [2.75, 3.05) is 4.90 Å². The van der Waals surface area contributed by atoms with E-state index in [0.29, 0.717) is 15.7 Å². The maximum absolute atomic E-state index is 12.1. The topological polar surface area (TPSA) is 59.0 Å². The highest BCUT2D eigenvalue weighted by Crippen LogP contribution is 2.30. The number of amides is 1. The van der Waals surface area contributed by atoms with E-state index >= 15 is 0 Å². The van der Waals surface area contributed by atoms with Gasteiger partial charge in [-0.05, 0) is 46.3 Å². The van der Waals surface area contributed by atoms with E-state index in [1.807, 2.05) is 24.3 Å². The van der Waals surface area contributed by atoms with Crippen LogP contribution in [0.4, 0.5) is 5.69 Å². The summed E-state index contributed by atoms with van der Waals surface area (Å²) in [5.41, 5.74) is 1.35. The van der Waals surface area contributed by atoms with E-state index in [4.69, 9.17) is 4.74 Å². The average molecular weight is 464 g/mol. The van der Waals surface area contributed by atoms with E-state index in [1.165, 1.54) is 18.0 Å². The highest BCUT2D eigenvalue weighted by Gasteiger charge is 2.26. The third kappa shape index (κ3) is 3.88. The molecule has 0 N–H and O–H groups in total. The Morgan fingerprint density at radius 1 is 1.16 bits per heavy atom. The van der Waals surface area contributed by atoms with Crippen LogP contribution in [0.25, 0.3) is 0 Å². The van der Waals surface area contributed by atoms with Crippen LogP contribution in [-0.2, 0) is 14.3 Å². The van der Waals surface area contributed by atoms with Gasteiger partial charge in [0.1, 0.15) is 0 Å². The zero-order chi connectivity index (χ0) is 18.0. The van der Waals surface area contributed by atoms with E-state index in [0.717, 1.165) is 4.47 Å². The van der Waals surface area contributed by atoms with E-state index < -0.39 is 5.97 Å². The number of benzene rings is 2. The lowest BCUT2D eigenvalue weighted by molar-refractivity contribution is -0.130. The summed E-state index contributed by atoms with van der Waals surface area (Å²) in [6.45, 7) is 1.41. The van der Waals surface area contributed by atoms with Crippen molar-refractivity contribution >= 4 is 55.3 Å². The molecule has 0 aromatic heterocycles. The summed E-state index contributed by atoms with van der Waals surface area (Å²) in [5, 5.41) is 0. The summed E-state index contributed by atoms with van der Waals surface area (Å²) in [6, 6.07) is 14.5. The zero-order valence-electron chi connectivity index (χ0n) is 13.1. The van der Waals surface area contributed by atoms with Crippen molar-refractivity contribution in [3.05, 3.63) is 74.9 Å². The molecule has 1 aliphatic rings. The lowest BCUT2D eigenvalue weighted by Crippen LogP contribution is -2.23. The first-order valence-corrected chi connectivity index (χ1v) is 8.87. The largest absolute Gasteiger partial charge is 0.402 e. The molecule has 0 saturated heterocycles. The monoisotopic (exact) mass is 462 g/mol. The number of aliphatic imine (C=N–C) groups is 1. The molecule has 5 nitrogen and oxygen atoms in total. The molecular weight excluding hydrogens is 452 g/mol. The van der Waals surface area contributed by atoms with Gasteiger partial charge in [-0.25, -0.2) is 9.79 Å². The SMILES string of the molecule is CC(=O)N(C=C1N=C(c2ccccc2)OC1=O)c1ccc(Br)cc1Br. The number of rotatable bonds is 3. The van der Waals surface area contributed by atoms with Gasteiger partial charge < -0.3 is 4.74 Å². The summed E-state index contributed by atoms with van der Waals surface area (Å²) >= 11 is 6.79. The first-order chi connectivity index (χ1) is 12.0. The minimum Gasteiger partial charge on any atom is -0.402 e. The Morgan fingerprint density at radius 2 is 1.88 bits per heavy atom. The Balaban J connectivity index is 1.99. The molecule has 2 aromatic carbocycles. The summed E-state index contributed by atoms with van der Waals surface area (Å²) in [4.78, 5) is 29.8. The lowest BCUT2D eigenvalue weighted by Gasteiger charge is -2.18. The summed E-state index contributed by atoms with van der Waals surface area (Å²) < 4.78 is 6.78. The molecule has 3 rings (SSSR count). The van der Waals surface area contributed by atoms with Crippen LogP contribution in [0.2, 0.25) is 0 Å². The number of nitrogens with zero attached hydrogens (tertiary/aromatic N) is 2. The quantitative estimate of drug-likeness (QED) is 0.500. The Labute approximate surface area is 161 Å². The molecule has 0 atom stereocenters. The van der Waals surface area contributed by atoms with E-state index in [1.54, 1.807) is 24.3 Å².